The van der Waals surface area contributed by atoms with Crippen LogP contribution < -0.4 is 0 Å². The Hall–Kier alpha value is 0.190. The van der Waals surface area contributed by atoms with E-state index < -0.39 is 15.6 Å². The minimum atomic E-state index is -3.68. The standard InChI is InChI=1S/C12H14BrCl2NO2S/c1-12(2)4-3-5-16(12)19(17,18)11-9(14)6-8(13)7-10(11)15/h6-7H,3-5H2,1-2H3. The van der Waals surface area contributed by atoms with Crippen molar-refractivity contribution in [1.82, 2.24) is 4.31 Å². The smallest absolute Gasteiger partial charge is 0.207 e. The maximum Gasteiger partial charge on any atom is 0.246 e. The van der Waals surface area contributed by atoms with E-state index in [1.165, 1.54) is 4.31 Å². The van der Waals surface area contributed by atoms with Crippen LogP contribution in [0.2, 0.25) is 10.0 Å². The molecule has 0 aromatic heterocycles. The number of halogens is 3. The number of sulfonamides is 1. The van der Waals surface area contributed by atoms with Gasteiger partial charge in [0.15, 0.2) is 0 Å². The summed E-state index contributed by atoms with van der Waals surface area (Å²) >= 11 is 15.4. The summed E-state index contributed by atoms with van der Waals surface area (Å²) in [5.41, 5.74) is -0.404. The first-order valence-corrected chi connectivity index (χ1v) is 8.82. The van der Waals surface area contributed by atoms with E-state index >= 15 is 0 Å². The van der Waals surface area contributed by atoms with Crippen molar-refractivity contribution in [2.75, 3.05) is 6.54 Å². The summed E-state index contributed by atoms with van der Waals surface area (Å²) in [6, 6.07) is 3.09. The number of nitrogens with zero attached hydrogens (tertiary/aromatic N) is 1. The second-order valence-corrected chi connectivity index (χ2v) is 8.72. The minimum Gasteiger partial charge on any atom is -0.207 e. The van der Waals surface area contributed by atoms with E-state index in [0.717, 1.165) is 12.8 Å². The van der Waals surface area contributed by atoms with E-state index in [9.17, 15) is 8.42 Å². The van der Waals surface area contributed by atoms with Crippen molar-refractivity contribution >= 4 is 49.2 Å². The molecule has 1 aromatic rings. The summed E-state index contributed by atoms with van der Waals surface area (Å²) in [4.78, 5) is -0.00555. The first-order valence-electron chi connectivity index (χ1n) is 5.84. The fourth-order valence-electron chi connectivity index (χ4n) is 2.41. The Morgan fingerprint density at radius 3 is 2.21 bits per heavy atom. The molecule has 1 saturated heterocycles. The third-order valence-corrected chi connectivity index (χ3v) is 6.83. The highest BCUT2D eigenvalue weighted by atomic mass is 79.9. The first kappa shape index (κ1) is 15.6. The van der Waals surface area contributed by atoms with Crippen LogP contribution >= 0.6 is 39.1 Å². The fraction of sp³-hybridized carbons (Fsp3) is 0.500. The molecule has 7 heteroatoms. The lowest BCUT2D eigenvalue weighted by molar-refractivity contribution is 0.292. The SMILES string of the molecule is CC1(C)CCCN1S(=O)(=O)c1c(Cl)cc(Br)cc1Cl. The van der Waals surface area contributed by atoms with Gasteiger partial charge < -0.3 is 0 Å². The van der Waals surface area contributed by atoms with Crippen molar-refractivity contribution in [3.63, 3.8) is 0 Å². The second kappa shape index (κ2) is 5.19. The lowest BCUT2D eigenvalue weighted by Crippen LogP contribution is -2.42. The molecule has 106 valence electrons. The number of hydrogen-bond acceptors (Lipinski definition) is 2. The van der Waals surface area contributed by atoms with Gasteiger partial charge in [0.1, 0.15) is 4.90 Å². The lowest BCUT2D eigenvalue weighted by Gasteiger charge is -2.31. The minimum absolute atomic E-state index is 0.00555. The van der Waals surface area contributed by atoms with Gasteiger partial charge in [0.25, 0.3) is 0 Å². The molecule has 1 aliphatic heterocycles. The predicted molar refractivity (Wildman–Crippen MR) is 81.4 cm³/mol. The van der Waals surface area contributed by atoms with E-state index in [-0.39, 0.29) is 14.9 Å². The average Bonchev–Trinajstić information content (AvgIpc) is 2.56. The Labute approximate surface area is 132 Å². The lowest BCUT2D eigenvalue weighted by atomic mass is 10.0. The van der Waals surface area contributed by atoms with Crippen LogP contribution in [-0.2, 0) is 10.0 Å². The maximum atomic E-state index is 12.7. The van der Waals surface area contributed by atoms with Crippen molar-refractivity contribution in [3.8, 4) is 0 Å². The molecule has 1 fully saturated rings. The monoisotopic (exact) mass is 385 g/mol. The Morgan fingerprint density at radius 2 is 1.79 bits per heavy atom. The molecule has 0 bridgehead atoms. The van der Waals surface area contributed by atoms with Gasteiger partial charge >= 0.3 is 0 Å². The van der Waals surface area contributed by atoms with Crippen LogP contribution in [0.4, 0.5) is 0 Å². The van der Waals surface area contributed by atoms with Crippen LogP contribution in [0.15, 0.2) is 21.5 Å². The largest absolute Gasteiger partial charge is 0.246 e. The Bertz CT molecular complexity index is 593. The van der Waals surface area contributed by atoms with Crippen LogP contribution in [0.1, 0.15) is 26.7 Å². The third kappa shape index (κ3) is 2.81. The molecule has 1 aliphatic rings. The second-order valence-electron chi connectivity index (χ2n) is 5.19. The molecular formula is C12H14BrCl2NO2S. The number of benzene rings is 1. The van der Waals surface area contributed by atoms with Crippen molar-refractivity contribution in [2.45, 2.75) is 37.1 Å². The molecule has 0 atom stereocenters. The predicted octanol–water partition coefficient (Wildman–Crippen LogP) is 4.32. The van der Waals surface area contributed by atoms with Crippen LogP contribution in [-0.4, -0.2) is 24.8 Å². The summed E-state index contributed by atoms with van der Waals surface area (Å²) < 4.78 is 27.6. The van der Waals surface area contributed by atoms with E-state index in [2.05, 4.69) is 15.9 Å². The highest BCUT2D eigenvalue weighted by Gasteiger charge is 2.42. The molecule has 1 heterocycles. The molecule has 0 saturated carbocycles. The zero-order chi connectivity index (χ0) is 14.4. The van der Waals surface area contributed by atoms with E-state index in [1.54, 1.807) is 12.1 Å². The first-order chi connectivity index (χ1) is 8.66. The summed E-state index contributed by atoms with van der Waals surface area (Å²) in [6.07, 6.45) is 1.68. The molecule has 0 unspecified atom stereocenters. The topological polar surface area (TPSA) is 37.4 Å². The van der Waals surface area contributed by atoms with Crippen LogP contribution in [0.3, 0.4) is 0 Å². The molecule has 1 aromatic carbocycles. The molecule has 2 rings (SSSR count). The van der Waals surface area contributed by atoms with Crippen molar-refractivity contribution in [3.05, 3.63) is 26.7 Å². The molecular weight excluding hydrogens is 373 g/mol. The normalized spacial score (nSPS) is 19.8. The van der Waals surface area contributed by atoms with Gasteiger partial charge in [0.05, 0.1) is 10.0 Å². The van der Waals surface area contributed by atoms with E-state index in [0.29, 0.717) is 11.0 Å². The van der Waals surface area contributed by atoms with Gasteiger partial charge in [0, 0.05) is 16.6 Å². The van der Waals surface area contributed by atoms with Crippen LogP contribution in [0.25, 0.3) is 0 Å². The van der Waals surface area contributed by atoms with Gasteiger partial charge in [-0.25, -0.2) is 8.42 Å². The quantitative estimate of drug-likeness (QED) is 0.758. The zero-order valence-corrected chi connectivity index (χ0v) is 14.5. The molecule has 19 heavy (non-hydrogen) atoms. The van der Waals surface area contributed by atoms with Gasteiger partial charge in [0.2, 0.25) is 10.0 Å². The van der Waals surface area contributed by atoms with Gasteiger partial charge in [-0.15, -0.1) is 0 Å². The van der Waals surface area contributed by atoms with Crippen LogP contribution in [0.5, 0.6) is 0 Å². The van der Waals surface area contributed by atoms with Crippen molar-refractivity contribution < 1.29 is 8.42 Å². The molecule has 0 spiro atoms. The van der Waals surface area contributed by atoms with Crippen molar-refractivity contribution in [2.24, 2.45) is 0 Å². The van der Waals surface area contributed by atoms with Gasteiger partial charge in [-0.3, -0.25) is 0 Å². The zero-order valence-electron chi connectivity index (χ0n) is 10.6. The van der Waals surface area contributed by atoms with E-state index in [4.69, 9.17) is 23.2 Å². The third-order valence-electron chi connectivity index (χ3n) is 3.34. The highest BCUT2D eigenvalue weighted by Crippen LogP contribution is 2.40. The Kier molecular flexibility index (Phi) is 4.25. The number of hydrogen-bond donors (Lipinski definition) is 0. The molecule has 0 radical (unpaired) electrons. The van der Waals surface area contributed by atoms with Crippen molar-refractivity contribution in [1.29, 1.82) is 0 Å². The number of rotatable bonds is 2. The highest BCUT2D eigenvalue weighted by molar-refractivity contribution is 9.10. The Balaban J connectivity index is 2.58. The van der Waals surface area contributed by atoms with Gasteiger partial charge in [-0.05, 0) is 38.8 Å². The van der Waals surface area contributed by atoms with Gasteiger partial charge in [-0.1, -0.05) is 39.1 Å². The molecule has 0 amide bonds. The van der Waals surface area contributed by atoms with E-state index in [1.807, 2.05) is 13.8 Å². The summed E-state index contributed by atoms with van der Waals surface area (Å²) in [6.45, 7) is 4.33. The van der Waals surface area contributed by atoms with Crippen LogP contribution in [0, 0.1) is 0 Å². The van der Waals surface area contributed by atoms with Gasteiger partial charge in [-0.2, -0.15) is 4.31 Å². The average molecular weight is 387 g/mol. The summed E-state index contributed by atoms with van der Waals surface area (Å²) in [5.74, 6) is 0. The fourth-order valence-corrected chi connectivity index (χ4v) is 6.15. The summed E-state index contributed by atoms with van der Waals surface area (Å²) in [5, 5.41) is 0.282. The molecule has 0 aliphatic carbocycles. The maximum absolute atomic E-state index is 12.7. The molecule has 3 nitrogen and oxygen atoms in total. The molecule has 0 N–H and O–H groups in total. The Morgan fingerprint density at radius 1 is 1.26 bits per heavy atom. The summed E-state index contributed by atoms with van der Waals surface area (Å²) in [7, 11) is -3.68.